The minimum absolute atomic E-state index is 0. The van der Waals surface area contributed by atoms with Crippen LogP contribution < -0.4 is 0 Å². The number of Topliss-reactive ketones (excluding diaryl/α,β-unsaturated/α-hetero) is 2. The second-order valence-electron chi connectivity index (χ2n) is 8.68. The summed E-state index contributed by atoms with van der Waals surface area (Å²) >= 11 is 3.89. The van der Waals surface area contributed by atoms with Gasteiger partial charge in [-0.05, 0) is 47.4 Å². The number of carbonyl (C=O) groups excluding carboxylic acids is 2. The summed E-state index contributed by atoms with van der Waals surface area (Å²) in [5, 5.41) is 57.0. The van der Waals surface area contributed by atoms with E-state index < -0.39 is 97.2 Å². The molecule has 4 radical (unpaired) electrons. The van der Waals surface area contributed by atoms with Crippen molar-refractivity contribution in [1.29, 1.82) is 0 Å². The molecule has 48 heteroatoms. The SMILES string of the molecule is CC(C)=O.CC(C)=O.IC#CC#CI.O=C(O)C(F)(F)F.O=C(O)C(F)(F)F.O=C(O)C(F)(F)F.O=C(O)C(F)(F)F.O=C(O)C(F)(F)F.O=C(O)C(F)(F)F.O=C(O)C(F)(F)F.O=C(O)C(F)(F)F.[Rh].[Rh].[Rh].[Rh]. The van der Waals surface area contributed by atoms with E-state index in [4.69, 9.17) is 79.2 Å². The molecule has 0 unspecified atom stereocenters. The van der Waals surface area contributed by atoms with Crippen molar-refractivity contribution in [3.8, 4) is 19.7 Å². The van der Waals surface area contributed by atoms with Crippen molar-refractivity contribution in [3.05, 3.63) is 0 Å². The van der Waals surface area contributed by atoms with Crippen molar-refractivity contribution in [3.63, 3.8) is 0 Å². The second kappa shape index (κ2) is 52.9. The summed E-state index contributed by atoms with van der Waals surface area (Å²) in [6.45, 7) is 6.11. The number of carboxylic acid groups (broad SMARTS) is 8. The first-order chi connectivity index (χ1) is 29.9. The number of hydrogen-bond donors (Lipinski definition) is 8. The Morgan fingerprint density at radius 1 is 0.257 bits per heavy atom. The predicted molar refractivity (Wildman–Crippen MR) is 186 cm³/mol. The van der Waals surface area contributed by atoms with E-state index in [9.17, 15) is 115 Å². The molecule has 8 N–H and O–H groups in total. The van der Waals surface area contributed by atoms with Crippen LogP contribution in [-0.2, 0) is 126 Å². The number of ketones is 2. The number of aliphatic carboxylic acids is 8. The van der Waals surface area contributed by atoms with E-state index in [1.807, 2.05) is 45.2 Å². The average molecular weight is 1740 g/mol. The molecule has 0 aromatic carbocycles. The van der Waals surface area contributed by atoms with E-state index in [1.54, 1.807) is 0 Å². The summed E-state index contributed by atoms with van der Waals surface area (Å²) in [5.74, 6) is -16.6. The number of alkyl halides is 24. The van der Waals surface area contributed by atoms with Crippen molar-refractivity contribution < 1.29 is 272 Å². The fourth-order valence-corrected chi connectivity index (χ4v) is 0.317. The molecule has 0 aliphatic heterocycles. The van der Waals surface area contributed by atoms with Gasteiger partial charge in [-0.25, -0.2) is 38.4 Å². The fourth-order valence-electron chi connectivity index (χ4n) is 0.0472. The smallest absolute Gasteiger partial charge is 0.475 e. The van der Waals surface area contributed by atoms with Gasteiger partial charge >= 0.3 is 97.2 Å². The molecule has 0 aromatic heterocycles. The van der Waals surface area contributed by atoms with Crippen LogP contribution in [0.25, 0.3) is 0 Å². The van der Waals surface area contributed by atoms with E-state index in [-0.39, 0.29) is 89.5 Å². The summed E-state index contributed by atoms with van der Waals surface area (Å²) in [4.78, 5) is 90.1. The van der Waals surface area contributed by atoms with Crippen LogP contribution in [0.1, 0.15) is 27.7 Å². The molecular formula is C26H20F24I2O18Rh4. The molecule has 0 spiro atoms. The zero-order chi connectivity index (χ0) is 60.6. The van der Waals surface area contributed by atoms with Crippen molar-refractivity contribution in [1.82, 2.24) is 0 Å². The molecular weight excluding hydrogens is 1720 g/mol. The summed E-state index contributed by atoms with van der Waals surface area (Å²) < 4.78 is 259. The Hall–Kier alpha value is -3.51. The van der Waals surface area contributed by atoms with Gasteiger partial charge in [0.25, 0.3) is 0 Å². The third-order valence-electron chi connectivity index (χ3n) is 2.10. The zero-order valence-corrected chi connectivity index (χ0v) is 44.7. The Balaban J connectivity index is -0.0000000397. The van der Waals surface area contributed by atoms with Crippen molar-refractivity contribution >= 4 is 105 Å². The van der Waals surface area contributed by atoms with Crippen LogP contribution in [0.2, 0.25) is 0 Å². The van der Waals surface area contributed by atoms with Crippen LogP contribution in [0, 0.1) is 19.7 Å². The van der Waals surface area contributed by atoms with Gasteiger partial charge in [0.05, 0.1) is 0 Å². The van der Waals surface area contributed by atoms with Crippen molar-refractivity contribution in [2.24, 2.45) is 0 Å². The number of halogens is 26. The normalized spacial score (nSPS) is 9.54. The maximum Gasteiger partial charge on any atom is 0.490 e. The maximum atomic E-state index is 10.6. The maximum absolute atomic E-state index is 10.6. The van der Waals surface area contributed by atoms with Gasteiger partial charge in [-0.15, -0.1) is 0 Å². The molecule has 0 aliphatic carbocycles. The first-order valence-corrected chi connectivity index (χ1v) is 15.7. The van der Waals surface area contributed by atoms with Crippen LogP contribution in [0.15, 0.2) is 0 Å². The van der Waals surface area contributed by atoms with Gasteiger partial charge in [0.2, 0.25) is 0 Å². The number of rotatable bonds is 0. The van der Waals surface area contributed by atoms with Crippen LogP contribution in [0.3, 0.4) is 0 Å². The Morgan fingerprint density at radius 3 is 0.311 bits per heavy atom. The van der Waals surface area contributed by atoms with Crippen LogP contribution >= 0.6 is 45.2 Å². The molecule has 74 heavy (non-hydrogen) atoms. The molecule has 0 rings (SSSR count). The molecule has 0 amide bonds. The Labute approximate surface area is 470 Å². The van der Waals surface area contributed by atoms with E-state index in [2.05, 4.69) is 19.7 Å². The summed E-state index contributed by atoms with van der Waals surface area (Å²) in [6, 6.07) is 0. The van der Waals surface area contributed by atoms with Crippen LogP contribution in [0.5, 0.6) is 0 Å². The molecule has 0 aromatic rings. The largest absolute Gasteiger partial charge is 0.490 e. The van der Waals surface area contributed by atoms with Crippen LogP contribution in [0.4, 0.5) is 105 Å². The number of carboxylic acids is 8. The van der Waals surface area contributed by atoms with Gasteiger partial charge in [-0.3, -0.25) is 0 Å². The molecule has 0 aliphatic rings. The third-order valence-corrected chi connectivity index (χ3v) is 2.64. The van der Waals surface area contributed by atoms with Gasteiger partial charge in [0.15, 0.2) is 0 Å². The first kappa shape index (κ1) is 111. The molecule has 0 fully saturated rings. The molecule has 0 saturated heterocycles. The van der Waals surface area contributed by atoms with E-state index in [1.165, 1.54) is 27.7 Å². The average Bonchev–Trinajstić information content (AvgIpc) is 3.05. The molecule has 0 bridgehead atoms. The monoisotopic (exact) mass is 1740 g/mol. The number of hydrogen-bond acceptors (Lipinski definition) is 10. The fraction of sp³-hybridized carbons (Fsp3) is 0.462. The Kier molecular flexibility index (Phi) is 79.0. The van der Waals surface area contributed by atoms with Crippen LogP contribution in [-0.4, -0.2) is 150 Å². The Bertz CT molecular complexity index is 1430. The summed E-state index contributed by atoms with van der Waals surface area (Å²) in [7, 11) is 0. The summed E-state index contributed by atoms with van der Waals surface area (Å²) in [6.07, 6.45) is -40.7. The minimum Gasteiger partial charge on any atom is -0.475 e. The van der Waals surface area contributed by atoms with Gasteiger partial charge in [0, 0.05) is 123 Å². The summed E-state index contributed by atoms with van der Waals surface area (Å²) in [5.41, 5.74) is 0. The van der Waals surface area contributed by atoms with Crippen molar-refractivity contribution in [2.75, 3.05) is 0 Å². The quantitative estimate of drug-likeness (QED) is 0.0492. The molecule has 0 saturated carbocycles. The molecule has 450 valence electrons. The second-order valence-corrected chi connectivity index (χ2v) is 9.76. The van der Waals surface area contributed by atoms with Gasteiger partial charge in [-0.1, -0.05) is 0 Å². The van der Waals surface area contributed by atoms with Crippen molar-refractivity contribution in [2.45, 2.75) is 77.1 Å². The predicted octanol–water partition coefficient (Wildman–Crippen LogP) is 8.03. The topological polar surface area (TPSA) is 333 Å². The zero-order valence-electron chi connectivity index (χ0n) is 33.8. The van der Waals surface area contributed by atoms with E-state index in [0.29, 0.717) is 0 Å². The minimum atomic E-state index is -5.08. The standard InChI is InChI=1S/C4I2.2C3H6O.8C2HF3O2.4Rh/c5-3-1-2-4-6;2*1-3(2)4;8*3-2(4,5)1(6)7;;;;/h;2*1-2H3;8*(H,6,7);;;;. The third kappa shape index (κ3) is 138. The Morgan fingerprint density at radius 2 is 0.297 bits per heavy atom. The molecule has 0 heterocycles. The molecule has 18 nitrogen and oxygen atoms in total. The number of carbonyl (C=O) groups is 10. The van der Waals surface area contributed by atoms with Gasteiger partial charge < -0.3 is 50.4 Å². The van der Waals surface area contributed by atoms with E-state index >= 15 is 0 Å². The van der Waals surface area contributed by atoms with E-state index in [0.717, 1.165) is 0 Å². The van der Waals surface area contributed by atoms with Gasteiger partial charge in [-0.2, -0.15) is 105 Å². The first-order valence-electron chi connectivity index (χ1n) is 13.5. The molecule has 0 atom stereocenters. The van der Waals surface area contributed by atoms with Gasteiger partial charge in [0.1, 0.15) is 11.6 Å².